The highest BCUT2D eigenvalue weighted by molar-refractivity contribution is 5.83. The van der Waals surface area contributed by atoms with Gasteiger partial charge in [-0.3, -0.25) is 0 Å². The summed E-state index contributed by atoms with van der Waals surface area (Å²) in [4.78, 5) is 2.41. The molecule has 18 heavy (non-hydrogen) atoms. The third kappa shape index (κ3) is 3.00. The fourth-order valence-electron chi connectivity index (χ4n) is 2.13. The van der Waals surface area contributed by atoms with Crippen LogP contribution in [0.5, 0.6) is 0 Å². The van der Waals surface area contributed by atoms with E-state index in [4.69, 9.17) is 11.5 Å². The minimum absolute atomic E-state index is 0.0300. The molecule has 1 fully saturated rings. The molecule has 2 rings (SSSR count). The lowest BCUT2D eigenvalue weighted by atomic mass is 10.1. The standard InChI is InChI=1S/C13H19N5/c1-10-8-12(18-6-2-3-7-18)5-4-11(10)9-16-17-13(14)15/h4-5,8-9H,2-3,6-7H2,1H3,(H4,14,15,17). The number of hydrogen-bond donors (Lipinski definition) is 2. The average Bonchev–Trinajstić information content (AvgIpc) is 2.84. The quantitative estimate of drug-likeness (QED) is 0.477. The number of hydrogen-bond acceptors (Lipinski definition) is 3. The molecule has 0 atom stereocenters. The Hall–Kier alpha value is -2.04. The molecule has 4 N–H and O–H groups in total. The van der Waals surface area contributed by atoms with Gasteiger partial charge < -0.3 is 16.4 Å². The molecule has 0 aromatic heterocycles. The molecule has 0 unspecified atom stereocenters. The molecular weight excluding hydrogens is 226 g/mol. The molecule has 0 bridgehead atoms. The van der Waals surface area contributed by atoms with Crippen molar-refractivity contribution in [2.45, 2.75) is 19.8 Å². The summed E-state index contributed by atoms with van der Waals surface area (Å²) in [6, 6.07) is 6.35. The SMILES string of the molecule is Cc1cc(N2CCCC2)ccc1C=NN=C(N)N. The van der Waals surface area contributed by atoms with Crippen LogP contribution in [0.2, 0.25) is 0 Å². The van der Waals surface area contributed by atoms with Gasteiger partial charge in [-0.1, -0.05) is 6.07 Å². The molecule has 5 heteroatoms. The maximum Gasteiger partial charge on any atom is 0.211 e. The Balaban J connectivity index is 2.14. The Labute approximate surface area is 107 Å². The number of rotatable bonds is 3. The van der Waals surface area contributed by atoms with Gasteiger partial charge in [0.25, 0.3) is 0 Å². The first kappa shape index (κ1) is 12.4. The van der Waals surface area contributed by atoms with E-state index in [9.17, 15) is 0 Å². The summed E-state index contributed by atoms with van der Waals surface area (Å²) in [5, 5.41) is 7.42. The third-order valence-corrected chi connectivity index (χ3v) is 3.09. The molecule has 5 nitrogen and oxygen atoms in total. The Morgan fingerprint density at radius 3 is 2.61 bits per heavy atom. The second-order valence-corrected chi connectivity index (χ2v) is 4.50. The number of guanidine groups is 1. The number of nitrogens with zero attached hydrogens (tertiary/aromatic N) is 3. The first-order valence-electron chi connectivity index (χ1n) is 6.14. The molecule has 0 radical (unpaired) electrons. The van der Waals surface area contributed by atoms with E-state index < -0.39 is 0 Å². The number of anilines is 1. The van der Waals surface area contributed by atoms with E-state index in [-0.39, 0.29) is 5.96 Å². The number of nitrogens with two attached hydrogens (primary N) is 2. The second-order valence-electron chi connectivity index (χ2n) is 4.50. The molecule has 1 aliphatic rings. The summed E-state index contributed by atoms with van der Waals surface area (Å²) in [6.45, 7) is 4.37. The minimum atomic E-state index is -0.0300. The van der Waals surface area contributed by atoms with Gasteiger partial charge in [0.05, 0.1) is 6.21 Å². The van der Waals surface area contributed by atoms with Crippen LogP contribution in [0.3, 0.4) is 0 Å². The maximum absolute atomic E-state index is 5.21. The lowest BCUT2D eigenvalue weighted by Crippen LogP contribution is -2.21. The Morgan fingerprint density at radius 2 is 2.00 bits per heavy atom. The first-order valence-corrected chi connectivity index (χ1v) is 6.14. The lowest BCUT2D eigenvalue weighted by molar-refractivity contribution is 0.949. The van der Waals surface area contributed by atoms with Crippen molar-refractivity contribution >= 4 is 17.9 Å². The van der Waals surface area contributed by atoms with Gasteiger partial charge in [-0.25, -0.2) is 0 Å². The van der Waals surface area contributed by atoms with Crippen molar-refractivity contribution in [2.24, 2.45) is 21.7 Å². The van der Waals surface area contributed by atoms with Crippen LogP contribution >= 0.6 is 0 Å². The van der Waals surface area contributed by atoms with Crippen LogP contribution in [0.25, 0.3) is 0 Å². The molecule has 0 saturated carbocycles. The van der Waals surface area contributed by atoms with Gasteiger partial charge in [0.2, 0.25) is 5.96 Å². The number of aryl methyl sites for hydroxylation is 1. The zero-order valence-corrected chi connectivity index (χ0v) is 10.6. The summed E-state index contributed by atoms with van der Waals surface area (Å²) in [6.07, 6.45) is 4.24. The van der Waals surface area contributed by atoms with E-state index >= 15 is 0 Å². The van der Waals surface area contributed by atoms with Gasteiger partial charge in [-0.05, 0) is 43.0 Å². The van der Waals surface area contributed by atoms with Crippen molar-refractivity contribution in [3.63, 3.8) is 0 Å². The van der Waals surface area contributed by atoms with Gasteiger partial charge in [-0.2, -0.15) is 5.10 Å². The Morgan fingerprint density at radius 1 is 1.28 bits per heavy atom. The highest BCUT2D eigenvalue weighted by atomic mass is 15.3. The molecule has 1 aromatic rings. The van der Waals surface area contributed by atoms with E-state index in [1.165, 1.54) is 24.1 Å². The van der Waals surface area contributed by atoms with Crippen LogP contribution in [0.1, 0.15) is 24.0 Å². The molecule has 1 aromatic carbocycles. The molecule has 0 aliphatic carbocycles. The normalized spacial score (nSPS) is 15.3. The van der Waals surface area contributed by atoms with Crippen molar-refractivity contribution in [1.29, 1.82) is 0 Å². The van der Waals surface area contributed by atoms with Crippen molar-refractivity contribution in [1.82, 2.24) is 0 Å². The smallest absolute Gasteiger partial charge is 0.211 e. The fourth-order valence-corrected chi connectivity index (χ4v) is 2.13. The van der Waals surface area contributed by atoms with Gasteiger partial charge in [0.15, 0.2) is 0 Å². The van der Waals surface area contributed by atoms with E-state index in [0.29, 0.717) is 0 Å². The van der Waals surface area contributed by atoms with Crippen molar-refractivity contribution < 1.29 is 0 Å². The van der Waals surface area contributed by atoms with Crippen molar-refractivity contribution in [3.05, 3.63) is 29.3 Å². The molecule has 96 valence electrons. The Bertz CT molecular complexity index is 468. The largest absolute Gasteiger partial charge is 0.372 e. The fraction of sp³-hybridized carbons (Fsp3) is 0.385. The van der Waals surface area contributed by atoms with Crippen LogP contribution in [0.15, 0.2) is 28.4 Å². The summed E-state index contributed by atoms with van der Waals surface area (Å²) >= 11 is 0. The first-order chi connectivity index (χ1) is 8.66. The van der Waals surface area contributed by atoms with E-state index in [0.717, 1.165) is 18.7 Å². The van der Waals surface area contributed by atoms with Crippen molar-refractivity contribution in [2.75, 3.05) is 18.0 Å². The molecule has 1 heterocycles. The summed E-state index contributed by atoms with van der Waals surface area (Å²) < 4.78 is 0. The zero-order chi connectivity index (χ0) is 13.0. The predicted molar refractivity (Wildman–Crippen MR) is 76.0 cm³/mol. The minimum Gasteiger partial charge on any atom is -0.372 e. The molecule has 1 saturated heterocycles. The van der Waals surface area contributed by atoms with E-state index in [1.807, 2.05) is 0 Å². The van der Waals surface area contributed by atoms with Crippen LogP contribution < -0.4 is 16.4 Å². The van der Waals surface area contributed by atoms with Gasteiger partial charge in [-0.15, -0.1) is 5.10 Å². The third-order valence-electron chi connectivity index (χ3n) is 3.09. The molecule has 0 spiro atoms. The molecule has 0 amide bonds. The van der Waals surface area contributed by atoms with Gasteiger partial charge in [0, 0.05) is 18.8 Å². The molecular formula is C13H19N5. The average molecular weight is 245 g/mol. The van der Waals surface area contributed by atoms with Gasteiger partial charge in [0.1, 0.15) is 0 Å². The van der Waals surface area contributed by atoms with Crippen LogP contribution in [-0.4, -0.2) is 25.3 Å². The monoisotopic (exact) mass is 245 g/mol. The van der Waals surface area contributed by atoms with Crippen LogP contribution in [-0.2, 0) is 0 Å². The Kier molecular flexibility index (Phi) is 3.82. The highest BCUT2D eigenvalue weighted by Crippen LogP contribution is 2.22. The molecule has 1 aliphatic heterocycles. The van der Waals surface area contributed by atoms with Crippen LogP contribution in [0.4, 0.5) is 5.69 Å². The summed E-state index contributed by atoms with van der Waals surface area (Å²) in [7, 11) is 0. The topological polar surface area (TPSA) is 80.0 Å². The number of benzene rings is 1. The van der Waals surface area contributed by atoms with Gasteiger partial charge >= 0.3 is 0 Å². The predicted octanol–water partition coefficient (Wildman–Crippen LogP) is 1.20. The highest BCUT2D eigenvalue weighted by Gasteiger charge is 2.12. The van der Waals surface area contributed by atoms with E-state index in [1.54, 1.807) is 6.21 Å². The van der Waals surface area contributed by atoms with Crippen molar-refractivity contribution in [3.8, 4) is 0 Å². The van der Waals surface area contributed by atoms with Crippen LogP contribution in [0, 0.1) is 6.92 Å². The summed E-state index contributed by atoms with van der Waals surface area (Å²) in [5.41, 5.74) is 13.9. The summed E-state index contributed by atoms with van der Waals surface area (Å²) in [5.74, 6) is -0.0300. The lowest BCUT2D eigenvalue weighted by Gasteiger charge is -2.18. The van der Waals surface area contributed by atoms with E-state index in [2.05, 4.69) is 40.2 Å². The second kappa shape index (κ2) is 5.53. The zero-order valence-electron chi connectivity index (χ0n) is 10.6. The maximum atomic E-state index is 5.21.